The fourth-order valence-electron chi connectivity index (χ4n) is 1.62. The Balaban J connectivity index is 2.41. The summed E-state index contributed by atoms with van der Waals surface area (Å²) in [5.41, 5.74) is 7.93. The molecule has 0 aliphatic carbocycles. The Hall–Kier alpha value is -0.830. The summed E-state index contributed by atoms with van der Waals surface area (Å²) in [5.74, 6) is 1.19. The first-order valence-electron chi connectivity index (χ1n) is 4.58. The monoisotopic (exact) mass is 194 g/mol. The maximum atomic E-state index is 5.76. The first-order valence-corrected chi connectivity index (χ1v) is 5.57. The number of fused-ring (bicyclic) bond motifs is 1. The molecule has 2 rings (SSSR count). The molecule has 0 amide bonds. The molecule has 0 saturated heterocycles. The van der Waals surface area contributed by atoms with Gasteiger partial charge in [0.2, 0.25) is 0 Å². The van der Waals surface area contributed by atoms with Gasteiger partial charge < -0.3 is 10.6 Å². The summed E-state index contributed by atoms with van der Waals surface area (Å²) in [7, 11) is 0. The molecule has 0 atom stereocenters. The lowest BCUT2D eigenvalue weighted by atomic mass is 10.2. The van der Waals surface area contributed by atoms with Crippen LogP contribution in [0.4, 0.5) is 11.4 Å². The van der Waals surface area contributed by atoms with Crippen LogP contribution in [-0.2, 0) is 0 Å². The molecule has 1 aliphatic rings. The van der Waals surface area contributed by atoms with Crippen LogP contribution in [0.15, 0.2) is 23.1 Å². The van der Waals surface area contributed by atoms with E-state index in [1.54, 1.807) is 0 Å². The molecule has 0 radical (unpaired) electrons. The van der Waals surface area contributed by atoms with Crippen molar-refractivity contribution in [1.29, 1.82) is 0 Å². The zero-order valence-corrected chi connectivity index (χ0v) is 8.60. The van der Waals surface area contributed by atoms with Crippen molar-refractivity contribution >= 4 is 23.1 Å². The van der Waals surface area contributed by atoms with Crippen LogP contribution in [-0.4, -0.2) is 18.8 Å². The number of nitrogens with two attached hydrogens (primary N) is 1. The Morgan fingerprint density at radius 1 is 1.54 bits per heavy atom. The molecule has 0 bridgehead atoms. The molecular weight excluding hydrogens is 180 g/mol. The van der Waals surface area contributed by atoms with Crippen molar-refractivity contribution in [3.8, 4) is 0 Å². The third-order valence-electron chi connectivity index (χ3n) is 2.32. The van der Waals surface area contributed by atoms with E-state index >= 15 is 0 Å². The van der Waals surface area contributed by atoms with Crippen LogP contribution >= 0.6 is 11.8 Å². The summed E-state index contributed by atoms with van der Waals surface area (Å²) in [5, 5.41) is 0. The zero-order chi connectivity index (χ0) is 9.26. The van der Waals surface area contributed by atoms with Crippen LogP contribution in [0.25, 0.3) is 0 Å². The van der Waals surface area contributed by atoms with Gasteiger partial charge in [0.1, 0.15) is 0 Å². The fraction of sp³-hybridized carbons (Fsp3) is 0.400. The quantitative estimate of drug-likeness (QED) is 0.695. The van der Waals surface area contributed by atoms with Crippen LogP contribution in [0, 0.1) is 0 Å². The Labute approximate surface area is 83.1 Å². The maximum absolute atomic E-state index is 5.76. The first kappa shape index (κ1) is 8.75. The van der Waals surface area contributed by atoms with Crippen molar-refractivity contribution < 1.29 is 0 Å². The number of nitrogen functional groups attached to an aromatic ring is 1. The summed E-state index contributed by atoms with van der Waals surface area (Å²) in [6.45, 7) is 4.39. The lowest BCUT2D eigenvalue weighted by Gasteiger charge is -2.29. The fourth-order valence-corrected chi connectivity index (χ4v) is 2.65. The van der Waals surface area contributed by atoms with Gasteiger partial charge in [0.25, 0.3) is 0 Å². The van der Waals surface area contributed by atoms with E-state index in [2.05, 4.69) is 24.0 Å². The van der Waals surface area contributed by atoms with Crippen LogP contribution in [0.5, 0.6) is 0 Å². The predicted octanol–water partition coefficient (Wildman–Crippen LogP) is 2.20. The average Bonchev–Trinajstić information content (AvgIpc) is 2.17. The van der Waals surface area contributed by atoms with E-state index in [1.807, 2.05) is 17.8 Å². The van der Waals surface area contributed by atoms with E-state index in [0.717, 1.165) is 18.8 Å². The number of hydrogen-bond donors (Lipinski definition) is 1. The Bertz CT molecular complexity index is 312. The van der Waals surface area contributed by atoms with E-state index < -0.39 is 0 Å². The van der Waals surface area contributed by atoms with Crippen LogP contribution < -0.4 is 10.6 Å². The minimum absolute atomic E-state index is 0.861. The van der Waals surface area contributed by atoms with E-state index in [4.69, 9.17) is 5.73 Å². The molecule has 70 valence electrons. The van der Waals surface area contributed by atoms with Gasteiger partial charge in [-0.2, -0.15) is 0 Å². The number of hydrogen-bond acceptors (Lipinski definition) is 3. The summed E-state index contributed by atoms with van der Waals surface area (Å²) < 4.78 is 0. The van der Waals surface area contributed by atoms with E-state index in [-0.39, 0.29) is 0 Å². The number of nitrogens with zero attached hydrogens (tertiary/aromatic N) is 1. The van der Waals surface area contributed by atoms with E-state index in [1.165, 1.54) is 16.3 Å². The molecule has 13 heavy (non-hydrogen) atoms. The summed E-state index contributed by atoms with van der Waals surface area (Å²) >= 11 is 1.92. The number of anilines is 2. The first-order chi connectivity index (χ1) is 6.31. The molecule has 0 fully saturated rings. The molecule has 0 aromatic heterocycles. The van der Waals surface area contributed by atoms with Gasteiger partial charge in [-0.05, 0) is 25.1 Å². The lowest BCUT2D eigenvalue weighted by molar-refractivity contribution is 0.850. The van der Waals surface area contributed by atoms with E-state index in [9.17, 15) is 0 Å². The van der Waals surface area contributed by atoms with Crippen molar-refractivity contribution in [3.63, 3.8) is 0 Å². The third-order valence-corrected chi connectivity index (χ3v) is 3.37. The Morgan fingerprint density at radius 2 is 2.38 bits per heavy atom. The van der Waals surface area contributed by atoms with Gasteiger partial charge in [-0.25, -0.2) is 0 Å². The minimum atomic E-state index is 0.861. The smallest absolute Gasteiger partial charge is 0.0525 e. The molecular formula is C10H14N2S. The summed E-state index contributed by atoms with van der Waals surface area (Å²) in [6, 6.07) is 6.17. The molecule has 1 aromatic rings. The highest BCUT2D eigenvalue weighted by Crippen LogP contribution is 2.35. The summed E-state index contributed by atoms with van der Waals surface area (Å²) in [4.78, 5) is 3.74. The largest absolute Gasteiger partial charge is 0.399 e. The molecule has 0 spiro atoms. The van der Waals surface area contributed by atoms with Gasteiger partial charge in [-0.3, -0.25) is 0 Å². The standard InChI is InChI=1S/C10H14N2S/c1-2-12-5-6-13-10-4-3-8(11)7-9(10)12/h3-4,7H,2,5-6,11H2,1H3. The van der Waals surface area contributed by atoms with Gasteiger partial charge in [0, 0.05) is 29.4 Å². The topological polar surface area (TPSA) is 29.3 Å². The second-order valence-corrected chi connectivity index (χ2v) is 4.29. The molecule has 1 heterocycles. The number of thioether (sulfide) groups is 1. The molecule has 2 N–H and O–H groups in total. The van der Waals surface area contributed by atoms with Crippen LogP contribution in [0.2, 0.25) is 0 Å². The normalized spacial score (nSPS) is 15.6. The van der Waals surface area contributed by atoms with Crippen LogP contribution in [0.3, 0.4) is 0 Å². The highest BCUT2D eigenvalue weighted by Gasteiger charge is 2.15. The van der Waals surface area contributed by atoms with Gasteiger partial charge >= 0.3 is 0 Å². The van der Waals surface area contributed by atoms with E-state index in [0.29, 0.717) is 0 Å². The highest BCUT2D eigenvalue weighted by molar-refractivity contribution is 7.99. The lowest BCUT2D eigenvalue weighted by Crippen LogP contribution is -2.28. The van der Waals surface area contributed by atoms with Gasteiger partial charge in [0.15, 0.2) is 0 Å². The average molecular weight is 194 g/mol. The predicted molar refractivity (Wildman–Crippen MR) is 59.5 cm³/mol. The maximum Gasteiger partial charge on any atom is 0.0525 e. The SMILES string of the molecule is CCN1CCSc2ccc(N)cc21. The van der Waals surface area contributed by atoms with Crippen LogP contribution in [0.1, 0.15) is 6.92 Å². The summed E-state index contributed by atoms with van der Waals surface area (Å²) in [6.07, 6.45) is 0. The third kappa shape index (κ3) is 1.61. The van der Waals surface area contributed by atoms with Gasteiger partial charge in [-0.1, -0.05) is 0 Å². The molecule has 2 nitrogen and oxygen atoms in total. The van der Waals surface area contributed by atoms with Crippen molar-refractivity contribution in [3.05, 3.63) is 18.2 Å². The van der Waals surface area contributed by atoms with Crippen molar-refractivity contribution in [2.75, 3.05) is 29.5 Å². The second-order valence-electron chi connectivity index (χ2n) is 3.16. The number of benzene rings is 1. The van der Waals surface area contributed by atoms with Gasteiger partial charge in [0.05, 0.1) is 5.69 Å². The Kier molecular flexibility index (Phi) is 2.36. The zero-order valence-electron chi connectivity index (χ0n) is 7.79. The van der Waals surface area contributed by atoms with Crippen molar-refractivity contribution in [2.24, 2.45) is 0 Å². The van der Waals surface area contributed by atoms with Crippen molar-refractivity contribution in [1.82, 2.24) is 0 Å². The molecule has 0 unspecified atom stereocenters. The second kappa shape index (κ2) is 3.50. The molecule has 1 aliphatic heterocycles. The molecule has 0 saturated carbocycles. The Morgan fingerprint density at radius 3 is 3.15 bits per heavy atom. The van der Waals surface area contributed by atoms with Crippen molar-refractivity contribution in [2.45, 2.75) is 11.8 Å². The minimum Gasteiger partial charge on any atom is -0.399 e. The molecule has 3 heteroatoms. The highest BCUT2D eigenvalue weighted by atomic mass is 32.2. The van der Waals surface area contributed by atoms with Gasteiger partial charge in [-0.15, -0.1) is 11.8 Å². The number of rotatable bonds is 1. The molecule has 1 aromatic carbocycles.